The second-order valence-corrected chi connectivity index (χ2v) is 6.28. The fraction of sp³-hybridized carbons (Fsp3) is 0. The number of anilines is 2. The summed E-state index contributed by atoms with van der Waals surface area (Å²) in [4.78, 5) is 0. The largest absolute Gasteiger partial charge is 0.451 e. The molecule has 0 heterocycles. The van der Waals surface area contributed by atoms with E-state index >= 15 is 0 Å². The molecule has 4 rings (SSSR count). The van der Waals surface area contributed by atoms with Gasteiger partial charge in [-0.15, -0.1) is 0 Å². The molecule has 144 valence electrons. The third-order valence-electron chi connectivity index (χ3n) is 4.20. The van der Waals surface area contributed by atoms with Crippen molar-refractivity contribution < 1.29 is 14.2 Å². The van der Waals surface area contributed by atoms with Crippen molar-refractivity contribution in [2.24, 2.45) is 0 Å². The molecule has 0 fully saturated rings. The molecule has 5 nitrogen and oxygen atoms in total. The van der Waals surface area contributed by atoms with Gasteiger partial charge in [-0.2, -0.15) is 0 Å². The van der Waals surface area contributed by atoms with E-state index in [1.807, 2.05) is 72.8 Å². The Morgan fingerprint density at radius 3 is 0.897 bits per heavy atom. The van der Waals surface area contributed by atoms with Crippen LogP contribution in [0.5, 0.6) is 34.5 Å². The van der Waals surface area contributed by atoms with E-state index in [0.717, 1.165) is 0 Å². The molecule has 0 unspecified atom stereocenters. The van der Waals surface area contributed by atoms with Gasteiger partial charge in [0.2, 0.25) is 0 Å². The summed E-state index contributed by atoms with van der Waals surface area (Å²) in [6.45, 7) is 0. The molecule has 0 amide bonds. The molecule has 0 aliphatic rings. The first-order chi connectivity index (χ1) is 14.2. The van der Waals surface area contributed by atoms with Crippen LogP contribution in [0, 0.1) is 0 Å². The lowest BCUT2D eigenvalue weighted by Crippen LogP contribution is -1.96. The van der Waals surface area contributed by atoms with Gasteiger partial charge in [-0.1, -0.05) is 48.5 Å². The lowest BCUT2D eigenvalue weighted by molar-refractivity contribution is 0.395. The maximum atomic E-state index is 6.13. The van der Waals surface area contributed by atoms with Crippen LogP contribution in [-0.2, 0) is 0 Å². The van der Waals surface area contributed by atoms with Crippen molar-refractivity contribution in [1.29, 1.82) is 0 Å². The summed E-state index contributed by atoms with van der Waals surface area (Å²) in [5, 5.41) is 0. The quantitative estimate of drug-likeness (QED) is 0.385. The summed E-state index contributed by atoms with van der Waals surface area (Å²) in [5.74, 6) is 3.27. The minimum atomic E-state index is 0.535. The summed E-state index contributed by atoms with van der Waals surface area (Å²) in [7, 11) is 0. The van der Waals surface area contributed by atoms with Crippen LogP contribution in [0.1, 0.15) is 0 Å². The first-order valence-electron chi connectivity index (χ1n) is 9.11. The number of rotatable bonds is 6. The number of ether oxygens (including phenoxy) is 3. The van der Waals surface area contributed by atoms with E-state index in [4.69, 9.17) is 25.7 Å². The first kappa shape index (κ1) is 18.3. The summed E-state index contributed by atoms with van der Waals surface area (Å²) in [6.07, 6.45) is 0. The zero-order valence-corrected chi connectivity index (χ0v) is 15.6. The predicted molar refractivity (Wildman–Crippen MR) is 115 cm³/mol. The Bertz CT molecular complexity index is 1040. The highest BCUT2D eigenvalue weighted by atomic mass is 16.5. The van der Waals surface area contributed by atoms with Crippen LogP contribution in [0.3, 0.4) is 0 Å². The van der Waals surface area contributed by atoms with Gasteiger partial charge in [0.05, 0.1) is 11.4 Å². The van der Waals surface area contributed by atoms with Crippen molar-refractivity contribution in [2.45, 2.75) is 0 Å². The summed E-state index contributed by atoms with van der Waals surface area (Å²) >= 11 is 0. The van der Waals surface area contributed by atoms with Crippen LogP contribution in [0.25, 0.3) is 0 Å². The Kier molecular flexibility index (Phi) is 5.21. The summed E-state index contributed by atoms with van der Waals surface area (Å²) in [5.41, 5.74) is 13.1. The smallest absolute Gasteiger partial charge is 0.170 e. The second-order valence-electron chi connectivity index (χ2n) is 6.28. The summed E-state index contributed by atoms with van der Waals surface area (Å²) in [6, 6.07) is 29.4. The van der Waals surface area contributed by atoms with Gasteiger partial charge >= 0.3 is 0 Å². The average molecular weight is 384 g/mol. The highest BCUT2D eigenvalue weighted by Gasteiger charge is 2.13. The van der Waals surface area contributed by atoms with Crippen molar-refractivity contribution in [1.82, 2.24) is 0 Å². The third-order valence-corrected chi connectivity index (χ3v) is 4.20. The van der Waals surface area contributed by atoms with Crippen LogP contribution >= 0.6 is 0 Å². The Morgan fingerprint density at radius 1 is 0.345 bits per heavy atom. The maximum Gasteiger partial charge on any atom is 0.170 e. The van der Waals surface area contributed by atoms with Gasteiger partial charge in [0, 0.05) is 0 Å². The topological polar surface area (TPSA) is 79.7 Å². The van der Waals surface area contributed by atoms with Crippen molar-refractivity contribution in [3.63, 3.8) is 0 Å². The number of hydrogen-bond acceptors (Lipinski definition) is 5. The molecule has 0 bridgehead atoms. The van der Waals surface area contributed by atoms with E-state index < -0.39 is 0 Å². The maximum absolute atomic E-state index is 6.13. The van der Waals surface area contributed by atoms with Gasteiger partial charge in [0.25, 0.3) is 0 Å². The number of para-hydroxylation sites is 8. The number of nitrogens with two attached hydrogens (primary N) is 2. The molecule has 4 N–H and O–H groups in total. The highest BCUT2D eigenvalue weighted by Crippen LogP contribution is 2.40. The molecule has 0 radical (unpaired) electrons. The Morgan fingerprint density at radius 2 is 0.586 bits per heavy atom. The molecule has 4 aromatic rings. The standard InChI is InChI=1S/C24H20N2O3/c25-17-9-1-3-11-19(17)27-21-13-5-7-15-23(21)29-24-16-8-6-14-22(24)28-20-12-4-2-10-18(20)26/h1-16H,25-26H2. The van der Waals surface area contributed by atoms with Crippen LogP contribution in [0.4, 0.5) is 11.4 Å². The Hall–Kier alpha value is -4.12. The third kappa shape index (κ3) is 4.25. The Balaban J connectivity index is 1.62. The number of benzene rings is 4. The molecular formula is C24H20N2O3. The highest BCUT2D eigenvalue weighted by molar-refractivity contribution is 5.57. The van der Waals surface area contributed by atoms with E-state index in [1.165, 1.54) is 0 Å². The molecule has 0 aromatic heterocycles. The van der Waals surface area contributed by atoms with E-state index in [2.05, 4.69) is 0 Å². The summed E-state index contributed by atoms with van der Waals surface area (Å²) < 4.78 is 18.1. The average Bonchev–Trinajstić information content (AvgIpc) is 2.74. The zero-order chi connectivity index (χ0) is 20.1. The van der Waals surface area contributed by atoms with E-state index in [1.54, 1.807) is 24.3 Å². The van der Waals surface area contributed by atoms with Crippen LogP contribution in [0.2, 0.25) is 0 Å². The molecule has 0 atom stereocenters. The SMILES string of the molecule is Nc1ccccc1Oc1ccccc1Oc1ccccc1Oc1ccccc1N. The monoisotopic (exact) mass is 384 g/mol. The molecule has 0 saturated carbocycles. The molecule has 0 aliphatic heterocycles. The minimum Gasteiger partial charge on any atom is -0.451 e. The van der Waals surface area contributed by atoms with Crippen LogP contribution < -0.4 is 25.7 Å². The Labute approximate surface area is 169 Å². The lowest BCUT2D eigenvalue weighted by Gasteiger charge is -2.16. The predicted octanol–water partition coefficient (Wildman–Crippen LogP) is 6.23. The zero-order valence-electron chi connectivity index (χ0n) is 15.6. The lowest BCUT2D eigenvalue weighted by atomic mass is 10.2. The second kappa shape index (κ2) is 8.27. The van der Waals surface area contributed by atoms with Gasteiger partial charge in [-0.25, -0.2) is 0 Å². The molecule has 0 saturated heterocycles. The van der Waals surface area contributed by atoms with Crippen molar-refractivity contribution in [3.05, 3.63) is 97.1 Å². The number of nitrogen functional groups attached to an aromatic ring is 2. The van der Waals surface area contributed by atoms with E-state index in [-0.39, 0.29) is 0 Å². The normalized spacial score (nSPS) is 10.3. The van der Waals surface area contributed by atoms with Crippen molar-refractivity contribution >= 4 is 11.4 Å². The van der Waals surface area contributed by atoms with E-state index in [9.17, 15) is 0 Å². The van der Waals surface area contributed by atoms with E-state index in [0.29, 0.717) is 45.9 Å². The van der Waals surface area contributed by atoms with Gasteiger partial charge < -0.3 is 25.7 Å². The number of hydrogen-bond donors (Lipinski definition) is 2. The van der Waals surface area contributed by atoms with Gasteiger partial charge in [-0.3, -0.25) is 0 Å². The molecule has 29 heavy (non-hydrogen) atoms. The van der Waals surface area contributed by atoms with Crippen molar-refractivity contribution in [3.8, 4) is 34.5 Å². The molecule has 5 heteroatoms. The van der Waals surface area contributed by atoms with Gasteiger partial charge in [-0.05, 0) is 48.5 Å². The van der Waals surface area contributed by atoms with Crippen LogP contribution in [0.15, 0.2) is 97.1 Å². The minimum absolute atomic E-state index is 0.535. The fourth-order valence-corrected chi connectivity index (χ4v) is 2.74. The van der Waals surface area contributed by atoms with Gasteiger partial charge in [0.15, 0.2) is 34.5 Å². The molecule has 0 aliphatic carbocycles. The molecule has 4 aromatic carbocycles. The molecule has 0 spiro atoms. The molecular weight excluding hydrogens is 364 g/mol. The fourth-order valence-electron chi connectivity index (χ4n) is 2.74. The van der Waals surface area contributed by atoms with Crippen molar-refractivity contribution in [2.75, 3.05) is 11.5 Å². The van der Waals surface area contributed by atoms with Gasteiger partial charge in [0.1, 0.15) is 0 Å². The first-order valence-corrected chi connectivity index (χ1v) is 9.11. The van der Waals surface area contributed by atoms with Crippen LogP contribution in [-0.4, -0.2) is 0 Å².